The van der Waals surface area contributed by atoms with Gasteiger partial charge in [-0.15, -0.1) is 10.2 Å². The van der Waals surface area contributed by atoms with Crippen LogP contribution in [0.5, 0.6) is 17.2 Å². The van der Waals surface area contributed by atoms with E-state index in [1.165, 1.54) is 33.5 Å². The third-order valence-corrected chi connectivity index (χ3v) is 5.53. The summed E-state index contributed by atoms with van der Waals surface area (Å²) in [6.45, 7) is 0.239. The van der Waals surface area contributed by atoms with E-state index in [4.69, 9.17) is 25.8 Å². The van der Waals surface area contributed by atoms with Crippen LogP contribution in [0.1, 0.15) is 25.9 Å². The topological polar surface area (TPSA) is 82.6 Å². The molecule has 1 heterocycles. The molecular formula is C21H19ClFN3O4S. The molecule has 0 aliphatic carbocycles. The number of halogens is 2. The number of amides is 1. The number of rotatable bonds is 8. The Morgan fingerprint density at radius 3 is 2.26 bits per heavy atom. The van der Waals surface area contributed by atoms with Crippen LogP contribution in [0.25, 0.3) is 11.1 Å². The average Bonchev–Trinajstić information content (AvgIpc) is 3.28. The van der Waals surface area contributed by atoms with Crippen molar-refractivity contribution in [2.45, 2.75) is 6.54 Å². The summed E-state index contributed by atoms with van der Waals surface area (Å²) in [5, 5.41) is 11.4. The van der Waals surface area contributed by atoms with Gasteiger partial charge in [0.05, 0.1) is 26.4 Å². The maximum Gasteiger partial charge on any atom is 0.282 e. The molecular weight excluding hydrogens is 445 g/mol. The first-order valence-corrected chi connectivity index (χ1v) is 10.2. The molecule has 0 aliphatic heterocycles. The molecule has 162 valence electrons. The summed E-state index contributed by atoms with van der Waals surface area (Å²) in [4.78, 5) is 12.3. The lowest BCUT2D eigenvalue weighted by molar-refractivity contribution is 0.0950. The molecule has 0 spiro atoms. The SMILES string of the molecule is COc1cc(/C=C(\Cl)c2nnc(C(=O)NCc3ccc(F)cc3)s2)cc(OC)c1OC. The number of ether oxygens (including phenoxy) is 3. The molecule has 7 nitrogen and oxygen atoms in total. The molecule has 0 saturated carbocycles. The minimum Gasteiger partial charge on any atom is -0.493 e. The summed E-state index contributed by atoms with van der Waals surface area (Å²) in [6, 6.07) is 9.33. The molecule has 0 unspecified atom stereocenters. The minimum atomic E-state index is -0.398. The first-order chi connectivity index (χ1) is 14.9. The van der Waals surface area contributed by atoms with Gasteiger partial charge >= 0.3 is 0 Å². The highest BCUT2D eigenvalue weighted by atomic mass is 35.5. The van der Waals surface area contributed by atoms with E-state index in [0.717, 1.165) is 16.9 Å². The predicted octanol–water partition coefficient (Wildman–Crippen LogP) is 4.37. The van der Waals surface area contributed by atoms with E-state index in [1.807, 2.05) is 0 Å². The van der Waals surface area contributed by atoms with Crippen LogP contribution in [0.2, 0.25) is 0 Å². The number of hydrogen-bond donors (Lipinski definition) is 1. The molecule has 3 rings (SSSR count). The van der Waals surface area contributed by atoms with Crippen molar-refractivity contribution < 1.29 is 23.4 Å². The van der Waals surface area contributed by atoms with Crippen molar-refractivity contribution in [3.63, 3.8) is 0 Å². The minimum absolute atomic E-state index is 0.161. The van der Waals surface area contributed by atoms with Crippen LogP contribution in [0.3, 0.4) is 0 Å². The largest absolute Gasteiger partial charge is 0.493 e. The summed E-state index contributed by atoms with van der Waals surface area (Å²) in [5.41, 5.74) is 1.46. The van der Waals surface area contributed by atoms with E-state index in [-0.39, 0.29) is 17.4 Å². The number of carbonyl (C=O) groups excluding carboxylic acids is 1. The van der Waals surface area contributed by atoms with Gasteiger partial charge in [-0.1, -0.05) is 35.1 Å². The first-order valence-electron chi connectivity index (χ1n) is 8.99. The first kappa shape index (κ1) is 22.5. The zero-order valence-electron chi connectivity index (χ0n) is 16.9. The number of methoxy groups -OCH3 is 3. The highest BCUT2D eigenvalue weighted by Crippen LogP contribution is 2.39. The highest BCUT2D eigenvalue weighted by Gasteiger charge is 2.16. The lowest BCUT2D eigenvalue weighted by Crippen LogP contribution is -2.22. The quantitative estimate of drug-likeness (QED) is 0.534. The molecule has 1 amide bonds. The second kappa shape index (κ2) is 10.2. The number of carbonyl (C=O) groups is 1. The Bertz CT molecular complexity index is 1080. The average molecular weight is 464 g/mol. The normalized spacial score (nSPS) is 11.2. The Morgan fingerprint density at radius 2 is 1.68 bits per heavy atom. The third-order valence-electron chi connectivity index (χ3n) is 4.17. The van der Waals surface area contributed by atoms with Crippen LogP contribution in [0.15, 0.2) is 36.4 Å². The summed E-state index contributed by atoms with van der Waals surface area (Å²) < 4.78 is 28.9. The predicted molar refractivity (Wildman–Crippen MR) is 117 cm³/mol. The molecule has 1 N–H and O–H groups in total. The maximum atomic E-state index is 13.0. The van der Waals surface area contributed by atoms with Gasteiger partial charge in [0, 0.05) is 6.54 Å². The Morgan fingerprint density at radius 1 is 1.06 bits per heavy atom. The molecule has 0 aliphatic rings. The van der Waals surface area contributed by atoms with Crippen molar-refractivity contribution in [1.82, 2.24) is 15.5 Å². The van der Waals surface area contributed by atoms with Gasteiger partial charge < -0.3 is 19.5 Å². The smallest absolute Gasteiger partial charge is 0.282 e. The fourth-order valence-corrected chi connectivity index (χ4v) is 3.61. The van der Waals surface area contributed by atoms with Crippen molar-refractivity contribution in [2.75, 3.05) is 21.3 Å². The molecule has 0 bridgehead atoms. The third kappa shape index (κ3) is 5.50. The van der Waals surface area contributed by atoms with Crippen LogP contribution < -0.4 is 19.5 Å². The summed E-state index contributed by atoms with van der Waals surface area (Å²) in [5.74, 6) is 0.698. The summed E-state index contributed by atoms with van der Waals surface area (Å²) in [7, 11) is 4.56. The summed E-state index contributed by atoms with van der Waals surface area (Å²) in [6.07, 6.45) is 1.66. The molecule has 2 aromatic carbocycles. The number of aromatic nitrogens is 2. The van der Waals surface area contributed by atoms with Crippen molar-refractivity contribution in [2.24, 2.45) is 0 Å². The van der Waals surface area contributed by atoms with Gasteiger partial charge in [-0.25, -0.2) is 4.39 Å². The number of hydrogen-bond acceptors (Lipinski definition) is 7. The monoisotopic (exact) mass is 463 g/mol. The maximum absolute atomic E-state index is 13.0. The Balaban J connectivity index is 1.74. The van der Waals surface area contributed by atoms with E-state index in [1.54, 1.807) is 30.3 Å². The lowest BCUT2D eigenvalue weighted by atomic mass is 10.1. The van der Waals surface area contributed by atoms with E-state index >= 15 is 0 Å². The van der Waals surface area contributed by atoms with Gasteiger partial charge in [0.15, 0.2) is 16.5 Å². The zero-order chi connectivity index (χ0) is 22.4. The van der Waals surface area contributed by atoms with Gasteiger partial charge in [0.2, 0.25) is 10.8 Å². The second-order valence-corrected chi connectivity index (χ2v) is 7.56. The summed E-state index contributed by atoms with van der Waals surface area (Å²) >= 11 is 7.45. The van der Waals surface area contributed by atoms with E-state index in [0.29, 0.717) is 32.9 Å². The molecule has 10 heteroatoms. The van der Waals surface area contributed by atoms with Crippen molar-refractivity contribution in [3.05, 3.63) is 63.4 Å². The number of benzene rings is 2. The van der Waals surface area contributed by atoms with Gasteiger partial charge in [0.25, 0.3) is 5.91 Å². The highest BCUT2D eigenvalue weighted by molar-refractivity contribution is 7.15. The van der Waals surface area contributed by atoms with Crippen LogP contribution in [0.4, 0.5) is 4.39 Å². The van der Waals surface area contributed by atoms with Gasteiger partial charge in [-0.2, -0.15) is 0 Å². The molecule has 31 heavy (non-hydrogen) atoms. The molecule has 0 saturated heterocycles. The van der Waals surface area contributed by atoms with Gasteiger partial charge in [-0.3, -0.25) is 4.79 Å². The van der Waals surface area contributed by atoms with E-state index in [9.17, 15) is 9.18 Å². The second-order valence-electron chi connectivity index (χ2n) is 6.17. The fraction of sp³-hybridized carbons (Fsp3) is 0.190. The lowest BCUT2D eigenvalue weighted by Gasteiger charge is -2.12. The van der Waals surface area contributed by atoms with E-state index in [2.05, 4.69) is 15.5 Å². The molecule has 0 atom stereocenters. The van der Waals surface area contributed by atoms with Crippen LogP contribution in [-0.2, 0) is 6.54 Å². The zero-order valence-corrected chi connectivity index (χ0v) is 18.5. The van der Waals surface area contributed by atoms with Crippen LogP contribution in [-0.4, -0.2) is 37.4 Å². The number of nitrogens with zero attached hydrogens (tertiary/aromatic N) is 2. The molecule has 3 aromatic rings. The number of nitrogens with one attached hydrogen (secondary N) is 1. The standard InChI is InChI=1S/C21H19ClFN3O4S/c1-28-16-9-13(10-17(29-2)18(16)30-3)8-15(22)20-25-26-21(31-20)19(27)24-11-12-4-6-14(23)7-5-12/h4-10H,11H2,1-3H3,(H,24,27)/b15-8-. The van der Waals surface area contributed by atoms with Crippen LogP contribution in [0, 0.1) is 5.82 Å². The molecule has 0 fully saturated rings. The van der Waals surface area contributed by atoms with Crippen LogP contribution >= 0.6 is 22.9 Å². The molecule has 1 aromatic heterocycles. The van der Waals surface area contributed by atoms with Gasteiger partial charge in [-0.05, 0) is 41.5 Å². The van der Waals surface area contributed by atoms with E-state index < -0.39 is 5.91 Å². The fourth-order valence-electron chi connectivity index (χ4n) is 2.66. The Labute approximate surface area is 187 Å². The van der Waals surface area contributed by atoms with Crippen molar-refractivity contribution in [1.29, 1.82) is 0 Å². The Hall–Kier alpha value is -3.17. The van der Waals surface area contributed by atoms with Gasteiger partial charge in [0.1, 0.15) is 5.82 Å². The Kier molecular flexibility index (Phi) is 7.43. The van der Waals surface area contributed by atoms with Crippen molar-refractivity contribution >= 4 is 40.0 Å². The van der Waals surface area contributed by atoms with Crippen molar-refractivity contribution in [3.8, 4) is 17.2 Å². The molecule has 0 radical (unpaired) electrons.